The van der Waals surface area contributed by atoms with Gasteiger partial charge in [0.1, 0.15) is 23.6 Å². The minimum atomic E-state index is -0.943. The van der Waals surface area contributed by atoms with E-state index in [-0.39, 0.29) is 18.4 Å². The molecule has 1 aromatic rings. The fourth-order valence-corrected chi connectivity index (χ4v) is 2.52. The van der Waals surface area contributed by atoms with Crippen LogP contribution in [0.2, 0.25) is 0 Å². The normalized spacial score (nSPS) is 21.9. The van der Waals surface area contributed by atoms with Crippen LogP contribution < -0.4 is 4.90 Å². The third-order valence-corrected chi connectivity index (χ3v) is 4.10. The van der Waals surface area contributed by atoms with Crippen LogP contribution in [-0.2, 0) is 14.3 Å². The molecule has 0 aliphatic heterocycles. The number of anilines is 1. The summed E-state index contributed by atoms with van der Waals surface area (Å²) < 4.78 is 5.32. The van der Waals surface area contributed by atoms with Crippen molar-refractivity contribution >= 4 is 17.6 Å². The number of Topliss-reactive ketones (excluding diaryl/α,β-unsaturated/α-hetero) is 1. The Balaban J connectivity index is 1.83. The molecule has 1 aliphatic carbocycles. The number of nitrogens with zero attached hydrogens (tertiary/aromatic N) is 2. The zero-order chi connectivity index (χ0) is 15.3. The molecule has 21 heavy (non-hydrogen) atoms. The van der Waals surface area contributed by atoms with Crippen molar-refractivity contribution in [2.45, 2.75) is 32.6 Å². The maximum Gasteiger partial charge on any atom is 0.319 e. The molecule has 114 valence electrons. The lowest BCUT2D eigenvalue weighted by Gasteiger charge is -2.29. The van der Waals surface area contributed by atoms with E-state index < -0.39 is 5.41 Å². The van der Waals surface area contributed by atoms with E-state index in [9.17, 15) is 9.59 Å². The van der Waals surface area contributed by atoms with E-state index in [0.717, 1.165) is 18.7 Å². The summed E-state index contributed by atoms with van der Waals surface area (Å²) in [5.41, 5.74) is -0.943. The number of ketones is 1. The van der Waals surface area contributed by atoms with Gasteiger partial charge in [-0.15, -0.1) is 0 Å². The molecule has 0 N–H and O–H groups in total. The quantitative estimate of drug-likeness (QED) is 0.614. The number of ether oxygens (including phenoxy) is 1. The van der Waals surface area contributed by atoms with Gasteiger partial charge in [-0.1, -0.05) is 12.5 Å². The van der Waals surface area contributed by atoms with E-state index in [1.807, 2.05) is 30.1 Å². The monoisotopic (exact) mass is 290 g/mol. The number of likely N-dealkylation sites (N-methyl/N-ethyl adjacent to an activating group) is 1. The van der Waals surface area contributed by atoms with Gasteiger partial charge < -0.3 is 9.64 Å². The summed E-state index contributed by atoms with van der Waals surface area (Å²) in [6, 6.07) is 5.66. The highest BCUT2D eigenvalue weighted by atomic mass is 16.5. The zero-order valence-electron chi connectivity index (χ0n) is 12.7. The predicted octanol–water partition coefficient (Wildman–Crippen LogP) is 2.21. The Morgan fingerprint density at radius 2 is 2.24 bits per heavy atom. The number of aromatic nitrogens is 1. The first-order chi connectivity index (χ1) is 10.0. The summed E-state index contributed by atoms with van der Waals surface area (Å²) >= 11 is 0. The van der Waals surface area contributed by atoms with Crippen molar-refractivity contribution in [2.75, 3.05) is 25.1 Å². The Hall–Kier alpha value is -1.91. The number of rotatable bonds is 5. The Labute approximate surface area is 125 Å². The van der Waals surface area contributed by atoms with Gasteiger partial charge in [0, 0.05) is 19.7 Å². The van der Waals surface area contributed by atoms with Gasteiger partial charge in [0.25, 0.3) is 0 Å². The van der Waals surface area contributed by atoms with Gasteiger partial charge in [0.2, 0.25) is 0 Å². The molecule has 5 nitrogen and oxygen atoms in total. The smallest absolute Gasteiger partial charge is 0.319 e. The molecule has 1 atom stereocenters. The van der Waals surface area contributed by atoms with Crippen LogP contribution in [0.15, 0.2) is 24.4 Å². The summed E-state index contributed by atoms with van der Waals surface area (Å²) in [6.07, 6.45) is 4.59. The van der Waals surface area contributed by atoms with Crippen LogP contribution in [-0.4, -0.2) is 36.9 Å². The lowest BCUT2D eigenvalue weighted by atomic mass is 9.75. The lowest BCUT2D eigenvalue weighted by Crippen LogP contribution is -2.41. The van der Waals surface area contributed by atoms with Crippen molar-refractivity contribution in [1.29, 1.82) is 0 Å². The van der Waals surface area contributed by atoms with Crippen molar-refractivity contribution in [2.24, 2.45) is 5.41 Å². The van der Waals surface area contributed by atoms with E-state index in [4.69, 9.17) is 4.74 Å². The third-order valence-electron chi connectivity index (χ3n) is 4.10. The van der Waals surface area contributed by atoms with Crippen molar-refractivity contribution in [3.8, 4) is 0 Å². The first kappa shape index (κ1) is 15.5. The third kappa shape index (κ3) is 3.60. The summed E-state index contributed by atoms with van der Waals surface area (Å²) in [7, 11) is 1.89. The molecule has 1 fully saturated rings. The van der Waals surface area contributed by atoms with E-state index in [2.05, 4.69) is 4.98 Å². The molecule has 0 saturated heterocycles. The van der Waals surface area contributed by atoms with Gasteiger partial charge in [0.15, 0.2) is 0 Å². The highest BCUT2D eigenvalue weighted by Crippen LogP contribution is 2.33. The Morgan fingerprint density at radius 3 is 2.90 bits per heavy atom. The largest absolute Gasteiger partial charge is 0.463 e. The van der Waals surface area contributed by atoms with Crippen LogP contribution in [0.3, 0.4) is 0 Å². The van der Waals surface area contributed by atoms with Crippen LogP contribution in [0.25, 0.3) is 0 Å². The summed E-state index contributed by atoms with van der Waals surface area (Å²) in [5, 5.41) is 0. The highest BCUT2D eigenvalue weighted by Gasteiger charge is 2.43. The van der Waals surface area contributed by atoms with Gasteiger partial charge >= 0.3 is 5.97 Å². The van der Waals surface area contributed by atoms with E-state index in [0.29, 0.717) is 19.4 Å². The molecular weight excluding hydrogens is 268 g/mol. The molecular formula is C16H22N2O3. The van der Waals surface area contributed by atoms with E-state index >= 15 is 0 Å². The zero-order valence-corrected chi connectivity index (χ0v) is 12.7. The highest BCUT2D eigenvalue weighted by molar-refractivity contribution is 6.03. The van der Waals surface area contributed by atoms with Crippen LogP contribution >= 0.6 is 0 Å². The van der Waals surface area contributed by atoms with Gasteiger partial charge in [-0.05, 0) is 31.9 Å². The standard InChI is InChI=1S/C16H22N2O3/c1-16(9-5-3-7-13(16)19)15(20)21-12-11-18(2)14-8-4-6-10-17-14/h4,6,8,10H,3,5,7,9,11-12H2,1-2H3. The lowest BCUT2D eigenvalue weighted by molar-refractivity contribution is -0.161. The van der Waals surface area contributed by atoms with Crippen molar-refractivity contribution in [3.63, 3.8) is 0 Å². The molecule has 0 radical (unpaired) electrons. The molecule has 0 aromatic carbocycles. The molecule has 1 saturated carbocycles. The number of pyridine rings is 1. The summed E-state index contributed by atoms with van der Waals surface area (Å²) in [6.45, 7) is 2.51. The van der Waals surface area contributed by atoms with E-state index in [1.165, 1.54) is 0 Å². The molecule has 0 amide bonds. The molecule has 1 aliphatic rings. The Morgan fingerprint density at radius 1 is 1.43 bits per heavy atom. The molecule has 0 spiro atoms. The summed E-state index contributed by atoms with van der Waals surface area (Å²) in [4.78, 5) is 30.3. The maximum absolute atomic E-state index is 12.2. The predicted molar refractivity (Wildman–Crippen MR) is 80.0 cm³/mol. The first-order valence-electron chi connectivity index (χ1n) is 7.37. The molecule has 1 unspecified atom stereocenters. The Bertz CT molecular complexity index is 504. The summed E-state index contributed by atoms with van der Waals surface area (Å²) in [5.74, 6) is 0.451. The second-order valence-electron chi connectivity index (χ2n) is 5.71. The molecule has 0 bridgehead atoms. The second-order valence-corrected chi connectivity index (χ2v) is 5.71. The molecule has 1 heterocycles. The maximum atomic E-state index is 12.2. The Kier molecular flexibility index (Phi) is 4.94. The van der Waals surface area contributed by atoms with Crippen molar-refractivity contribution in [3.05, 3.63) is 24.4 Å². The van der Waals surface area contributed by atoms with E-state index in [1.54, 1.807) is 13.1 Å². The number of hydrogen-bond donors (Lipinski definition) is 0. The topological polar surface area (TPSA) is 59.5 Å². The number of esters is 1. The van der Waals surface area contributed by atoms with Crippen LogP contribution in [0.5, 0.6) is 0 Å². The molecule has 2 rings (SSSR count). The average molecular weight is 290 g/mol. The molecule has 1 aromatic heterocycles. The first-order valence-corrected chi connectivity index (χ1v) is 7.37. The van der Waals surface area contributed by atoms with Gasteiger partial charge in [-0.2, -0.15) is 0 Å². The number of hydrogen-bond acceptors (Lipinski definition) is 5. The minimum absolute atomic E-state index is 0.0110. The van der Waals surface area contributed by atoms with Crippen LogP contribution in [0.4, 0.5) is 5.82 Å². The number of carbonyl (C=O) groups is 2. The van der Waals surface area contributed by atoms with Crippen molar-refractivity contribution in [1.82, 2.24) is 4.98 Å². The van der Waals surface area contributed by atoms with Gasteiger partial charge in [-0.25, -0.2) is 4.98 Å². The van der Waals surface area contributed by atoms with Crippen molar-refractivity contribution < 1.29 is 14.3 Å². The number of carbonyl (C=O) groups excluding carboxylic acids is 2. The fourth-order valence-electron chi connectivity index (χ4n) is 2.52. The van der Waals surface area contributed by atoms with Gasteiger partial charge in [0.05, 0.1) is 6.54 Å². The molecule has 5 heteroatoms. The van der Waals surface area contributed by atoms with Crippen LogP contribution in [0, 0.1) is 5.41 Å². The average Bonchev–Trinajstić information content (AvgIpc) is 2.51. The minimum Gasteiger partial charge on any atom is -0.463 e. The second kappa shape index (κ2) is 6.70. The SMILES string of the molecule is CN(CCOC(=O)C1(C)CCCCC1=O)c1ccccn1. The van der Waals surface area contributed by atoms with Gasteiger partial charge in [-0.3, -0.25) is 9.59 Å². The van der Waals surface area contributed by atoms with Crippen LogP contribution in [0.1, 0.15) is 32.6 Å². The fraction of sp³-hybridized carbons (Fsp3) is 0.562.